The lowest BCUT2D eigenvalue weighted by molar-refractivity contribution is -0.120. The van der Waals surface area contributed by atoms with Crippen molar-refractivity contribution in [3.63, 3.8) is 0 Å². The lowest BCUT2D eigenvalue weighted by Gasteiger charge is -2.18. The molecule has 0 aliphatic carbocycles. The summed E-state index contributed by atoms with van der Waals surface area (Å²) in [6.07, 6.45) is 1.19. The van der Waals surface area contributed by atoms with Crippen LogP contribution in [0.1, 0.15) is 46.3 Å². The van der Waals surface area contributed by atoms with Crippen molar-refractivity contribution >= 4 is 23.7 Å². The number of ether oxygens (including phenoxy) is 1. The zero-order valence-corrected chi connectivity index (χ0v) is 25.2. The fraction of sp³-hybridized carbons (Fsp3) is 0.229. The van der Waals surface area contributed by atoms with E-state index in [1.807, 2.05) is 30.3 Å². The molecule has 0 aliphatic rings. The molecule has 1 aromatic heterocycles. The van der Waals surface area contributed by atoms with E-state index in [1.165, 1.54) is 12.1 Å². The van der Waals surface area contributed by atoms with E-state index in [1.54, 1.807) is 48.5 Å². The molecule has 5 N–H and O–H groups in total. The highest BCUT2D eigenvalue weighted by atomic mass is 19.1. The van der Waals surface area contributed by atoms with Gasteiger partial charge >= 0.3 is 6.09 Å². The summed E-state index contributed by atoms with van der Waals surface area (Å²) in [5.41, 5.74) is 8.91. The number of aromatic nitrogens is 1. The molecule has 0 aliphatic heterocycles. The molecular formula is C35H35FN6O4. The minimum atomic E-state index is -0.961. The summed E-state index contributed by atoms with van der Waals surface area (Å²) >= 11 is 0. The standard InChI is InChI=1S/C35H35FN6O4/c36-27-13-8-11-24(21-27)18-20-39-33-29(16-17-30(41-33)28-14-5-4-12-26(28)22-37)34(44)42-31(32(38)43)15-6-7-19-40-35(45)46-23-25-9-2-1-3-10-25/h1-5,8-14,16-17,21,31H,6-7,15,18-20,23H2,(H2,38,43)(H,39,41)(H,40,45)(H,42,44)/t31-/m1/s1. The first kappa shape index (κ1) is 33.1. The third-order valence-corrected chi connectivity index (χ3v) is 7.11. The molecule has 0 bridgehead atoms. The van der Waals surface area contributed by atoms with Crippen molar-refractivity contribution in [2.75, 3.05) is 18.4 Å². The number of pyridine rings is 1. The first-order valence-corrected chi connectivity index (χ1v) is 14.9. The lowest BCUT2D eigenvalue weighted by atomic mass is 10.0. The number of anilines is 1. The Bertz CT molecular complexity index is 1690. The van der Waals surface area contributed by atoms with Gasteiger partial charge in [0.15, 0.2) is 0 Å². The number of amides is 3. The van der Waals surface area contributed by atoms with Gasteiger partial charge in [-0.15, -0.1) is 0 Å². The first-order chi connectivity index (χ1) is 22.3. The minimum absolute atomic E-state index is 0.158. The number of carbonyl (C=O) groups excluding carboxylic acids is 3. The number of primary amides is 1. The Morgan fingerprint density at radius 2 is 1.67 bits per heavy atom. The minimum Gasteiger partial charge on any atom is -0.445 e. The predicted molar refractivity (Wildman–Crippen MR) is 172 cm³/mol. The Morgan fingerprint density at radius 1 is 0.913 bits per heavy atom. The maximum Gasteiger partial charge on any atom is 0.407 e. The summed E-state index contributed by atoms with van der Waals surface area (Å²) in [4.78, 5) is 42.3. The fourth-order valence-corrected chi connectivity index (χ4v) is 4.71. The van der Waals surface area contributed by atoms with Crippen LogP contribution < -0.4 is 21.7 Å². The first-order valence-electron chi connectivity index (χ1n) is 14.9. The smallest absolute Gasteiger partial charge is 0.407 e. The molecule has 46 heavy (non-hydrogen) atoms. The number of carbonyl (C=O) groups is 3. The van der Waals surface area contributed by atoms with Gasteiger partial charge in [-0.2, -0.15) is 5.26 Å². The van der Waals surface area contributed by atoms with Gasteiger partial charge in [-0.25, -0.2) is 14.2 Å². The van der Waals surface area contributed by atoms with Crippen LogP contribution in [0.15, 0.2) is 91.0 Å². The van der Waals surface area contributed by atoms with E-state index in [2.05, 4.69) is 27.0 Å². The maximum atomic E-state index is 13.7. The molecule has 4 rings (SSSR count). The van der Waals surface area contributed by atoms with Gasteiger partial charge in [0.2, 0.25) is 5.91 Å². The predicted octanol–water partition coefficient (Wildman–Crippen LogP) is 5.09. The van der Waals surface area contributed by atoms with Crippen LogP contribution in [0.2, 0.25) is 0 Å². The Hall–Kier alpha value is -5.76. The van der Waals surface area contributed by atoms with Crippen LogP contribution in [0, 0.1) is 17.1 Å². The van der Waals surface area contributed by atoms with Gasteiger partial charge in [-0.1, -0.05) is 60.7 Å². The number of benzene rings is 3. The maximum absolute atomic E-state index is 13.7. The molecule has 3 aromatic carbocycles. The van der Waals surface area contributed by atoms with E-state index in [4.69, 9.17) is 10.5 Å². The van der Waals surface area contributed by atoms with Gasteiger partial charge in [0, 0.05) is 18.7 Å². The van der Waals surface area contributed by atoms with E-state index in [9.17, 15) is 24.0 Å². The zero-order valence-electron chi connectivity index (χ0n) is 25.2. The number of halogens is 1. The topological polar surface area (TPSA) is 159 Å². The van der Waals surface area contributed by atoms with Crippen molar-refractivity contribution in [2.45, 2.75) is 38.3 Å². The largest absolute Gasteiger partial charge is 0.445 e. The van der Waals surface area contributed by atoms with Gasteiger partial charge in [0.05, 0.1) is 22.9 Å². The van der Waals surface area contributed by atoms with Gasteiger partial charge in [-0.05, 0) is 67.1 Å². The molecule has 0 spiro atoms. The quantitative estimate of drug-likeness (QED) is 0.134. The van der Waals surface area contributed by atoms with Crippen molar-refractivity contribution < 1.29 is 23.5 Å². The molecule has 0 saturated carbocycles. The number of rotatable bonds is 15. The molecule has 236 valence electrons. The van der Waals surface area contributed by atoms with Crippen LogP contribution in [0.3, 0.4) is 0 Å². The van der Waals surface area contributed by atoms with Gasteiger partial charge < -0.3 is 26.4 Å². The molecule has 3 amide bonds. The Labute approximate surface area is 266 Å². The second-order valence-corrected chi connectivity index (χ2v) is 10.5. The van der Waals surface area contributed by atoms with Crippen LogP contribution in [0.4, 0.5) is 15.0 Å². The average Bonchev–Trinajstić information content (AvgIpc) is 3.07. The molecule has 11 heteroatoms. The summed E-state index contributed by atoms with van der Waals surface area (Å²) in [6.45, 7) is 0.812. The molecule has 0 unspecified atom stereocenters. The lowest BCUT2D eigenvalue weighted by Crippen LogP contribution is -2.44. The van der Waals surface area contributed by atoms with Gasteiger partial charge in [-0.3, -0.25) is 9.59 Å². The highest BCUT2D eigenvalue weighted by Crippen LogP contribution is 2.25. The van der Waals surface area contributed by atoms with Crippen LogP contribution in [-0.4, -0.2) is 42.0 Å². The van der Waals surface area contributed by atoms with Gasteiger partial charge in [0.1, 0.15) is 24.3 Å². The highest BCUT2D eigenvalue weighted by molar-refractivity contribution is 6.01. The number of nitriles is 1. The average molecular weight is 623 g/mol. The Morgan fingerprint density at radius 3 is 2.43 bits per heavy atom. The molecule has 1 heterocycles. The van der Waals surface area contributed by atoms with E-state index >= 15 is 0 Å². The Balaban J connectivity index is 1.37. The SMILES string of the molecule is N#Cc1ccccc1-c1ccc(C(=O)N[C@H](CCCCNC(=O)OCc2ccccc2)C(N)=O)c(NCCc2cccc(F)c2)n1. The molecule has 0 fully saturated rings. The van der Waals surface area contributed by atoms with Crippen LogP contribution >= 0.6 is 0 Å². The fourth-order valence-electron chi connectivity index (χ4n) is 4.71. The summed E-state index contributed by atoms with van der Waals surface area (Å²) in [7, 11) is 0. The van der Waals surface area contributed by atoms with Crippen LogP contribution in [-0.2, 0) is 22.6 Å². The zero-order chi connectivity index (χ0) is 32.7. The number of alkyl carbamates (subject to hydrolysis) is 1. The van der Waals surface area contributed by atoms with Crippen LogP contribution in [0.25, 0.3) is 11.3 Å². The number of nitrogens with zero attached hydrogens (tertiary/aromatic N) is 2. The third kappa shape index (κ3) is 9.89. The number of hydrogen-bond acceptors (Lipinski definition) is 7. The normalized spacial score (nSPS) is 11.1. The van der Waals surface area contributed by atoms with Crippen molar-refractivity contribution in [1.82, 2.24) is 15.6 Å². The highest BCUT2D eigenvalue weighted by Gasteiger charge is 2.22. The number of nitrogens with one attached hydrogen (secondary N) is 3. The van der Waals surface area contributed by atoms with E-state index in [0.29, 0.717) is 49.2 Å². The van der Waals surface area contributed by atoms with Crippen LogP contribution in [0.5, 0.6) is 0 Å². The second-order valence-electron chi connectivity index (χ2n) is 10.5. The number of hydrogen-bond donors (Lipinski definition) is 4. The monoisotopic (exact) mass is 622 g/mol. The van der Waals surface area contributed by atoms with Gasteiger partial charge in [0.25, 0.3) is 5.91 Å². The number of nitrogens with two attached hydrogens (primary N) is 1. The van der Waals surface area contributed by atoms with Crippen molar-refractivity contribution in [3.05, 3.63) is 119 Å². The number of unbranched alkanes of at least 4 members (excludes halogenated alkanes) is 1. The molecular weight excluding hydrogens is 587 g/mol. The van der Waals surface area contributed by atoms with E-state index in [0.717, 1.165) is 11.1 Å². The second kappa shape index (κ2) is 16.9. The van der Waals surface area contributed by atoms with E-state index < -0.39 is 23.9 Å². The molecule has 4 aromatic rings. The molecule has 1 atom stereocenters. The van der Waals surface area contributed by atoms with Crippen molar-refractivity contribution in [3.8, 4) is 17.3 Å². The molecule has 10 nitrogen and oxygen atoms in total. The van der Waals surface area contributed by atoms with Crippen molar-refractivity contribution in [1.29, 1.82) is 5.26 Å². The Kier molecular flexibility index (Phi) is 12.2. The summed E-state index contributed by atoms with van der Waals surface area (Å²) < 4.78 is 18.9. The third-order valence-electron chi connectivity index (χ3n) is 7.11. The summed E-state index contributed by atoms with van der Waals surface area (Å²) in [5.74, 6) is -1.37. The summed E-state index contributed by atoms with van der Waals surface area (Å²) in [5, 5.41) is 18.1. The van der Waals surface area contributed by atoms with E-state index in [-0.39, 0.29) is 30.2 Å². The van der Waals surface area contributed by atoms with Crippen molar-refractivity contribution in [2.24, 2.45) is 5.73 Å². The summed E-state index contributed by atoms with van der Waals surface area (Å²) in [6, 6.07) is 26.9. The molecule has 0 saturated heterocycles. The molecule has 0 radical (unpaired) electrons.